The van der Waals surface area contributed by atoms with Crippen LogP contribution in [0.2, 0.25) is 0 Å². The van der Waals surface area contributed by atoms with Gasteiger partial charge in [-0.1, -0.05) is 15.9 Å². The topological polar surface area (TPSA) is 16.1 Å². The second kappa shape index (κ2) is 4.96. The number of alkyl halides is 1. The quantitative estimate of drug-likeness (QED) is 0.775. The summed E-state index contributed by atoms with van der Waals surface area (Å²) in [6.45, 7) is 8.46. The van der Waals surface area contributed by atoms with Crippen molar-refractivity contribution < 1.29 is 0 Å². The van der Waals surface area contributed by atoms with E-state index in [0.717, 1.165) is 29.2 Å². The number of aromatic nitrogens is 1. The highest BCUT2D eigenvalue weighted by Gasteiger charge is 2.10. The summed E-state index contributed by atoms with van der Waals surface area (Å²) in [5.74, 6) is 0. The van der Waals surface area contributed by atoms with Gasteiger partial charge in [0.05, 0.1) is 5.69 Å². The SMILES string of the molecule is CCN(CC)c1nc(C)c(CBr)s1. The van der Waals surface area contributed by atoms with Crippen LogP contribution in [0.15, 0.2) is 0 Å². The standard InChI is InChI=1S/C9H15BrN2S/c1-4-12(5-2)9-11-7(3)8(6-10)13-9/h4-6H2,1-3H3. The summed E-state index contributed by atoms with van der Waals surface area (Å²) in [7, 11) is 0. The molecule has 1 rings (SSSR count). The van der Waals surface area contributed by atoms with Gasteiger partial charge in [-0.3, -0.25) is 0 Å². The Balaban J connectivity index is 2.88. The first-order valence-corrected chi connectivity index (χ1v) is 6.43. The van der Waals surface area contributed by atoms with Gasteiger partial charge in [0.15, 0.2) is 5.13 Å². The monoisotopic (exact) mass is 262 g/mol. The highest BCUT2D eigenvalue weighted by molar-refractivity contribution is 9.08. The summed E-state index contributed by atoms with van der Waals surface area (Å²) in [6, 6.07) is 0. The summed E-state index contributed by atoms with van der Waals surface area (Å²) in [6.07, 6.45) is 0. The first-order valence-electron chi connectivity index (χ1n) is 4.50. The zero-order chi connectivity index (χ0) is 9.84. The Hall–Kier alpha value is -0.0900. The highest BCUT2D eigenvalue weighted by atomic mass is 79.9. The predicted molar refractivity (Wildman–Crippen MR) is 63.0 cm³/mol. The molecule has 0 unspecified atom stereocenters. The molecule has 0 aliphatic heterocycles. The van der Waals surface area contributed by atoms with Crippen molar-refractivity contribution in [2.75, 3.05) is 18.0 Å². The Morgan fingerprint density at radius 2 is 2.00 bits per heavy atom. The van der Waals surface area contributed by atoms with Gasteiger partial charge in [-0.25, -0.2) is 4.98 Å². The summed E-state index contributed by atoms with van der Waals surface area (Å²) in [5, 5.41) is 2.06. The number of thiazole rings is 1. The maximum Gasteiger partial charge on any atom is 0.185 e. The Labute approximate surface area is 92.1 Å². The van der Waals surface area contributed by atoms with Crippen LogP contribution in [-0.2, 0) is 5.33 Å². The van der Waals surface area contributed by atoms with Gasteiger partial charge in [0, 0.05) is 23.3 Å². The molecule has 74 valence electrons. The predicted octanol–water partition coefficient (Wildman–Crippen LogP) is 3.19. The third-order valence-corrected chi connectivity index (χ3v) is 4.19. The molecule has 1 aromatic rings. The molecule has 0 radical (unpaired) electrons. The van der Waals surface area contributed by atoms with Gasteiger partial charge >= 0.3 is 0 Å². The summed E-state index contributed by atoms with van der Waals surface area (Å²) >= 11 is 5.25. The van der Waals surface area contributed by atoms with Crippen LogP contribution < -0.4 is 4.90 Å². The van der Waals surface area contributed by atoms with Crippen LogP contribution in [0.5, 0.6) is 0 Å². The number of anilines is 1. The summed E-state index contributed by atoms with van der Waals surface area (Å²) in [5.41, 5.74) is 1.16. The Kier molecular flexibility index (Phi) is 4.19. The fourth-order valence-corrected chi connectivity index (χ4v) is 2.95. The normalized spacial score (nSPS) is 10.5. The van der Waals surface area contributed by atoms with E-state index in [9.17, 15) is 0 Å². The number of hydrogen-bond acceptors (Lipinski definition) is 3. The molecule has 4 heteroatoms. The van der Waals surface area contributed by atoms with Gasteiger partial charge in [-0.2, -0.15) is 0 Å². The van der Waals surface area contributed by atoms with Crippen molar-refractivity contribution in [3.63, 3.8) is 0 Å². The van der Waals surface area contributed by atoms with Crippen molar-refractivity contribution >= 4 is 32.4 Å². The molecule has 1 aromatic heterocycles. The minimum absolute atomic E-state index is 0.914. The van der Waals surface area contributed by atoms with E-state index < -0.39 is 0 Å². The second-order valence-electron chi connectivity index (χ2n) is 2.81. The molecule has 0 bridgehead atoms. The number of halogens is 1. The van der Waals surface area contributed by atoms with Crippen molar-refractivity contribution in [3.8, 4) is 0 Å². The van der Waals surface area contributed by atoms with Crippen LogP contribution >= 0.6 is 27.3 Å². The molecular weight excluding hydrogens is 248 g/mol. The average Bonchev–Trinajstić information content (AvgIpc) is 2.49. The number of aryl methyl sites for hydroxylation is 1. The molecule has 2 nitrogen and oxygen atoms in total. The Bertz CT molecular complexity index is 269. The van der Waals surface area contributed by atoms with Gasteiger partial charge in [-0.15, -0.1) is 11.3 Å². The molecule has 0 atom stereocenters. The smallest absolute Gasteiger partial charge is 0.185 e. The second-order valence-corrected chi connectivity index (χ2v) is 4.43. The van der Waals surface area contributed by atoms with Crippen LogP contribution in [0.25, 0.3) is 0 Å². The van der Waals surface area contributed by atoms with Crippen molar-refractivity contribution in [1.29, 1.82) is 0 Å². The van der Waals surface area contributed by atoms with E-state index in [4.69, 9.17) is 0 Å². The first-order chi connectivity index (χ1) is 6.22. The van der Waals surface area contributed by atoms with Crippen LogP contribution in [0.3, 0.4) is 0 Å². The molecule has 0 N–H and O–H groups in total. The van der Waals surface area contributed by atoms with Crippen molar-refractivity contribution in [3.05, 3.63) is 10.6 Å². The summed E-state index contributed by atoms with van der Waals surface area (Å²) < 4.78 is 0. The maximum atomic E-state index is 4.54. The van der Waals surface area contributed by atoms with Gasteiger partial charge in [0.2, 0.25) is 0 Å². The lowest BCUT2D eigenvalue weighted by Gasteiger charge is -2.16. The lowest BCUT2D eigenvalue weighted by Crippen LogP contribution is -2.21. The third-order valence-electron chi connectivity index (χ3n) is 2.04. The molecule has 0 aliphatic rings. The lowest BCUT2D eigenvalue weighted by molar-refractivity contribution is 0.857. The average molecular weight is 263 g/mol. The number of nitrogens with zero attached hydrogens (tertiary/aromatic N) is 2. The van der Waals surface area contributed by atoms with E-state index >= 15 is 0 Å². The summed E-state index contributed by atoms with van der Waals surface area (Å²) in [4.78, 5) is 8.15. The third kappa shape index (κ3) is 2.44. The molecule has 13 heavy (non-hydrogen) atoms. The van der Waals surface area contributed by atoms with Crippen LogP contribution in [0.4, 0.5) is 5.13 Å². The van der Waals surface area contributed by atoms with Crippen molar-refractivity contribution in [1.82, 2.24) is 4.98 Å². The Morgan fingerprint density at radius 1 is 1.38 bits per heavy atom. The molecule has 1 heterocycles. The van der Waals surface area contributed by atoms with E-state index in [1.54, 1.807) is 11.3 Å². The molecule has 0 saturated carbocycles. The van der Waals surface area contributed by atoms with E-state index in [2.05, 4.69) is 46.6 Å². The lowest BCUT2D eigenvalue weighted by atomic mass is 10.4. The van der Waals surface area contributed by atoms with E-state index in [1.807, 2.05) is 0 Å². The van der Waals surface area contributed by atoms with Gasteiger partial charge < -0.3 is 4.90 Å². The molecule has 0 spiro atoms. The highest BCUT2D eigenvalue weighted by Crippen LogP contribution is 2.27. The molecule has 0 aliphatic carbocycles. The zero-order valence-electron chi connectivity index (χ0n) is 8.30. The fourth-order valence-electron chi connectivity index (χ4n) is 1.17. The van der Waals surface area contributed by atoms with Gasteiger partial charge in [0.1, 0.15) is 0 Å². The number of hydrogen-bond donors (Lipinski definition) is 0. The zero-order valence-corrected chi connectivity index (χ0v) is 10.7. The van der Waals surface area contributed by atoms with Crippen molar-refractivity contribution in [2.24, 2.45) is 0 Å². The minimum Gasteiger partial charge on any atom is -0.349 e. The first kappa shape index (κ1) is 11.0. The largest absolute Gasteiger partial charge is 0.349 e. The van der Waals surface area contributed by atoms with Crippen LogP contribution in [-0.4, -0.2) is 18.1 Å². The molecule has 0 amide bonds. The molecule has 0 fully saturated rings. The minimum atomic E-state index is 0.914. The van der Waals surface area contributed by atoms with E-state index in [-0.39, 0.29) is 0 Å². The maximum absolute atomic E-state index is 4.54. The van der Waals surface area contributed by atoms with Gasteiger partial charge in [-0.05, 0) is 20.8 Å². The van der Waals surface area contributed by atoms with Crippen LogP contribution in [0, 0.1) is 6.92 Å². The number of rotatable bonds is 4. The molecular formula is C9H15BrN2S. The van der Waals surface area contributed by atoms with Crippen LogP contribution in [0.1, 0.15) is 24.4 Å². The van der Waals surface area contributed by atoms with E-state index in [0.29, 0.717) is 0 Å². The van der Waals surface area contributed by atoms with Crippen molar-refractivity contribution in [2.45, 2.75) is 26.1 Å². The molecule has 0 aromatic carbocycles. The fraction of sp³-hybridized carbons (Fsp3) is 0.667. The van der Waals surface area contributed by atoms with Gasteiger partial charge in [0.25, 0.3) is 0 Å². The van der Waals surface area contributed by atoms with E-state index in [1.165, 1.54) is 4.88 Å². The Morgan fingerprint density at radius 3 is 2.38 bits per heavy atom. The molecule has 0 saturated heterocycles.